The van der Waals surface area contributed by atoms with E-state index in [-0.39, 0.29) is 0 Å². The Bertz CT molecular complexity index is 406. The summed E-state index contributed by atoms with van der Waals surface area (Å²) >= 11 is 9.31. The van der Waals surface area contributed by atoms with Gasteiger partial charge < -0.3 is 4.90 Å². The van der Waals surface area contributed by atoms with Gasteiger partial charge in [-0.25, -0.2) is 0 Å². The highest BCUT2D eigenvalue weighted by atomic mass is 79.9. The molecular weight excluding hydrogens is 422 g/mol. The van der Waals surface area contributed by atoms with E-state index in [0.29, 0.717) is 4.16 Å². The molecule has 0 bridgehead atoms. The molecule has 1 nitrogen and oxygen atoms in total. The molecule has 2 aliphatic heterocycles. The van der Waals surface area contributed by atoms with E-state index in [9.17, 15) is 0 Å². The van der Waals surface area contributed by atoms with Crippen LogP contribution in [0.15, 0.2) is 21.2 Å². The lowest BCUT2D eigenvalue weighted by atomic mass is 10.1. The average Bonchev–Trinajstić information content (AvgIpc) is 3.03. The van der Waals surface area contributed by atoms with Crippen LogP contribution in [0.1, 0.15) is 71.1 Å². The summed E-state index contributed by atoms with van der Waals surface area (Å²) in [5, 5.41) is 0. The molecule has 1 atom stereocenters. The Kier molecular flexibility index (Phi) is 8.99. The number of halogens is 2. The van der Waals surface area contributed by atoms with E-state index in [1.807, 2.05) is 11.8 Å². The first kappa shape index (κ1) is 18.9. The third-order valence-electron chi connectivity index (χ3n) is 4.52. The minimum absolute atomic E-state index is 0.453. The van der Waals surface area contributed by atoms with Crippen LogP contribution in [0.2, 0.25) is 0 Å². The number of alkyl halides is 1. The maximum atomic E-state index is 3.74. The van der Waals surface area contributed by atoms with Crippen molar-refractivity contribution in [3.05, 3.63) is 21.2 Å². The van der Waals surface area contributed by atoms with E-state index in [1.54, 1.807) is 0 Å². The van der Waals surface area contributed by atoms with Gasteiger partial charge in [-0.15, -0.1) is 0 Å². The molecule has 0 fully saturated rings. The number of unbranched alkanes of at least 4 members (excludes halogenated alkanes) is 9. The van der Waals surface area contributed by atoms with Gasteiger partial charge in [-0.05, 0) is 33.5 Å². The van der Waals surface area contributed by atoms with Crippen LogP contribution >= 0.6 is 43.6 Å². The second-order valence-corrected chi connectivity index (χ2v) is 10.4. The smallest absolute Gasteiger partial charge is 0.0919 e. The van der Waals surface area contributed by atoms with Crippen LogP contribution in [0.25, 0.3) is 0 Å². The van der Waals surface area contributed by atoms with Crippen molar-refractivity contribution in [3.8, 4) is 0 Å². The summed E-state index contributed by atoms with van der Waals surface area (Å²) in [6.45, 7) is 4.60. The van der Waals surface area contributed by atoms with E-state index in [1.165, 1.54) is 85.7 Å². The summed E-state index contributed by atoms with van der Waals surface area (Å²) in [6.07, 6.45) is 16.5. The zero-order valence-corrected chi connectivity index (χ0v) is 17.7. The Labute approximate surface area is 157 Å². The summed E-state index contributed by atoms with van der Waals surface area (Å²) in [5.41, 5.74) is 2.97. The molecule has 22 heavy (non-hydrogen) atoms. The Hall–Kier alpha value is 0.590. The van der Waals surface area contributed by atoms with Gasteiger partial charge in [0.15, 0.2) is 0 Å². The van der Waals surface area contributed by atoms with Crippen LogP contribution in [0, 0.1) is 0 Å². The monoisotopic (exact) mass is 449 g/mol. The molecular formula is C18H29Br2NS. The lowest BCUT2D eigenvalue weighted by molar-refractivity contribution is 0.403. The van der Waals surface area contributed by atoms with Gasteiger partial charge in [-0.3, -0.25) is 0 Å². The molecule has 0 N–H and O–H groups in total. The highest BCUT2D eigenvalue weighted by molar-refractivity contribution is 9.15. The molecule has 2 rings (SSSR count). The minimum Gasteiger partial charge on any atom is -0.373 e. The third kappa shape index (κ3) is 5.90. The van der Waals surface area contributed by atoms with Gasteiger partial charge in [-0.1, -0.05) is 92.4 Å². The largest absolute Gasteiger partial charge is 0.373 e. The zero-order chi connectivity index (χ0) is 15.8. The fraction of sp³-hybridized carbons (Fsp3) is 0.778. The van der Waals surface area contributed by atoms with Gasteiger partial charge in [0.2, 0.25) is 0 Å². The highest BCUT2D eigenvalue weighted by Crippen LogP contribution is 2.50. The molecule has 0 aromatic heterocycles. The number of nitrogens with zero attached hydrogens (tertiary/aromatic N) is 1. The molecule has 0 saturated heterocycles. The summed E-state index contributed by atoms with van der Waals surface area (Å²) in [7, 11) is 0. The van der Waals surface area contributed by atoms with Gasteiger partial charge in [-0.2, -0.15) is 0 Å². The van der Waals surface area contributed by atoms with Crippen LogP contribution in [-0.2, 0) is 0 Å². The van der Waals surface area contributed by atoms with E-state index in [0.717, 1.165) is 6.54 Å². The maximum Gasteiger partial charge on any atom is 0.0919 e. The highest BCUT2D eigenvalue weighted by Gasteiger charge is 2.32. The van der Waals surface area contributed by atoms with E-state index in [4.69, 9.17) is 0 Å². The van der Waals surface area contributed by atoms with E-state index < -0.39 is 0 Å². The molecule has 126 valence electrons. The van der Waals surface area contributed by atoms with Crippen LogP contribution in [-0.4, -0.2) is 22.1 Å². The van der Waals surface area contributed by atoms with Crippen LogP contribution < -0.4 is 0 Å². The van der Waals surface area contributed by atoms with Gasteiger partial charge >= 0.3 is 0 Å². The van der Waals surface area contributed by atoms with Gasteiger partial charge in [0, 0.05) is 19.3 Å². The predicted molar refractivity (Wildman–Crippen MR) is 108 cm³/mol. The Morgan fingerprint density at radius 2 is 1.64 bits per heavy atom. The molecule has 0 radical (unpaired) electrons. The zero-order valence-electron chi connectivity index (χ0n) is 13.8. The van der Waals surface area contributed by atoms with Gasteiger partial charge in [0.05, 0.1) is 7.97 Å². The lowest BCUT2D eigenvalue weighted by Gasteiger charge is -2.15. The SMILES string of the molecule is CCCCCCCCCCCCN1C=C2C(=C(Br)SC2Br)C1. The Morgan fingerprint density at radius 1 is 1.05 bits per heavy atom. The number of fused-ring (bicyclic) bond motifs is 1. The van der Waals surface area contributed by atoms with Crippen molar-refractivity contribution in [1.82, 2.24) is 4.90 Å². The number of hydrogen-bond acceptors (Lipinski definition) is 2. The number of hydrogen-bond donors (Lipinski definition) is 0. The molecule has 0 aromatic rings. The van der Waals surface area contributed by atoms with Crippen LogP contribution in [0.5, 0.6) is 0 Å². The Balaban J connectivity index is 1.47. The summed E-state index contributed by atoms with van der Waals surface area (Å²) < 4.78 is 1.78. The topological polar surface area (TPSA) is 3.24 Å². The first-order valence-corrected chi connectivity index (χ1v) is 11.5. The predicted octanol–water partition coefficient (Wildman–Crippen LogP) is 7.18. The normalized spacial score (nSPS) is 20.8. The fourth-order valence-corrected chi connectivity index (χ4v) is 6.62. The van der Waals surface area contributed by atoms with Crippen molar-refractivity contribution in [1.29, 1.82) is 0 Å². The number of thioether (sulfide) groups is 1. The second kappa shape index (κ2) is 10.5. The molecule has 0 spiro atoms. The molecule has 4 heteroatoms. The van der Waals surface area contributed by atoms with Crippen molar-refractivity contribution in [2.45, 2.75) is 75.3 Å². The third-order valence-corrected chi connectivity index (χ3v) is 7.53. The first-order chi connectivity index (χ1) is 10.7. The van der Waals surface area contributed by atoms with Gasteiger partial charge in [0.1, 0.15) is 0 Å². The fourth-order valence-electron chi connectivity index (χ4n) is 3.16. The molecule has 0 aromatic carbocycles. The quantitative estimate of drug-likeness (QED) is 0.242. The molecule has 1 unspecified atom stereocenters. The van der Waals surface area contributed by atoms with Crippen molar-refractivity contribution in [2.75, 3.05) is 13.1 Å². The van der Waals surface area contributed by atoms with Gasteiger partial charge in [0.25, 0.3) is 0 Å². The average molecular weight is 451 g/mol. The summed E-state index contributed by atoms with van der Waals surface area (Å²) in [6, 6.07) is 0. The minimum atomic E-state index is 0.453. The van der Waals surface area contributed by atoms with E-state index >= 15 is 0 Å². The van der Waals surface area contributed by atoms with Crippen molar-refractivity contribution in [3.63, 3.8) is 0 Å². The van der Waals surface area contributed by atoms with Crippen molar-refractivity contribution >= 4 is 43.6 Å². The number of rotatable bonds is 11. The molecule has 2 aliphatic rings. The Morgan fingerprint density at radius 3 is 2.23 bits per heavy atom. The molecule has 2 heterocycles. The van der Waals surface area contributed by atoms with Crippen molar-refractivity contribution < 1.29 is 0 Å². The molecule has 0 amide bonds. The molecule has 0 saturated carbocycles. The summed E-state index contributed by atoms with van der Waals surface area (Å²) in [4.78, 5) is 2.49. The second-order valence-electron chi connectivity index (χ2n) is 6.42. The maximum absolute atomic E-state index is 3.74. The first-order valence-electron chi connectivity index (χ1n) is 8.88. The lowest BCUT2D eigenvalue weighted by Crippen LogP contribution is -2.16. The van der Waals surface area contributed by atoms with Crippen LogP contribution in [0.3, 0.4) is 0 Å². The van der Waals surface area contributed by atoms with Crippen LogP contribution in [0.4, 0.5) is 0 Å². The standard InChI is InChI=1S/C18H29Br2NS/c1-2-3-4-5-6-7-8-9-10-11-12-21-13-15-16(14-21)18(20)22-17(15)19/h13,17H,2-12,14H2,1H3. The van der Waals surface area contributed by atoms with Crippen molar-refractivity contribution in [2.24, 2.45) is 0 Å². The molecule has 0 aliphatic carbocycles. The van der Waals surface area contributed by atoms with E-state index in [2.05, 4.69) is 49.9 Å². The summed E-state index contributed by atoms with van der Waals surface area (Å²) in [5.74, 6) is 0.